The molecule has 4 nitrogen and oxygen atoms in total. The first-order valence-electron chi connectivity index (χ1n) is 9.20. The van der Waals surface area contributed by atoms with Gasteiger partial charge in [-0.2, -0.15) is 13.2 Å². The van der Waals surface area contributed by atoms with Gasteiger partial charge in [-0.15, -0.1) is 0 Å². The molecule has 3 unspecified atom stereocenters. The summed E-state index contributed by atoms with van der Waals surface area (Å²) in [6.07, 6.45) is -6.61. The normalized spacial score (nSPS) is 35.4. The quantitative estimate of drug-likeness (QED) is 0.378. The molecular weight excluding hydrogens is 387 g/mol. The first-order chi connectivity index (χ1) is 12.7. The van der Waals surface area contributed by atoms with E-state index in [1.54, 1.807) is 0 Å². The molecule has 0 aromatic rings. The van der Waals surface area contributed by atoms with Crippen LogP contribution in [0, 0.1) is 17.3 Å². The molecule has 0 aliphatic heterocycles. The lowest BCUT2D eigenvalue weighted by molar-refractivity contribution is -0.281. The van der Waals surface area contributed by atoms with E-state index in [1.807, 2.05) is 0 Å². The average molecular weight is 410 g/mol. The zero-order valence-electron chi connectivity index (χ0n) is 15.7. The fourth-order valence-electron chi connectivity index (χ4n) is 5.51. The SMILES string of the molecule is C=C(C)C(=O)OC12CC3CC(C1)CC(C(=O)OC(C(C)(F)F)C(F)(F)F)(C3)C2. The Hall–Kier alpha value is -1.67. The highest BCUT2D eigenvalue weighted by molar-refractivity contribution is 5.87. The molecule has 4 rings (SSSR count). The molecule has 4 aliphatic rings. The molecule has 4 bridgehead atoms. The van der Waals surface area contributed by atoms with Crippen molar-refractivity contribution in [3.63, 3.8) is 0 Å². The Bertz CT molecular complexity index is 665. The Balaban J connectivity index is 1.86. The number of carbonyl (C=O) groups excluding carboxylic acids is 2. The minimum absolute atomic E-state index is 0.00921. The monoisotopic (exact) mass is 410 g/mol. The third-order valence-corrected chi connectivity index (χ3v) is 6.08. The highest BCUT2D eigenvalue weighted by Gasteiger charge is 2.65. The van der Waals surface area contributed by atoms with Crippen molar-refractivity contribution in [1.29, 1.82) is 0 Å². The van der Waals surface area contributed by atoms with Crippen LogP contribution in [-0.2, 0) is 19.1 Å². The van der Waals surface area contributed by atoms with Crippen molar-refractivity contribution in [2.75, 3.05) is 0 Å². The first-order valence-corrected chi connectivity index (χ1v) is 9.20. The van der Waals surface area contributed by atoms with Crippen LogP contribution in [0.3, 0.4) is 0 Å². The van der Waals surface area contributed by atoms with Crippen molar-refractivity contribution < 1.29 is 41.0 Å². The van der Waals surface area contributed by atoms with Gasteiger partial charge in [0.25, 0.3) is 12.0 Å². The molecule has 9 heteroatoms. The van der Waals surface area contributed by atoms with Crippen LogP contribution in [0.4, 0.5) is 22.0 Å². The number of rotatable bonds is 5. The van der Waals surface area contributed by atoms with Crippen molar-refractivity contribution in [2.45, 2.75) is 76.2 Å². The zero-order valence-corrected chi connectivity index (χ0v) is 15.7. The summed E-state index contributed by atoms with van der Waals surface area (Å²) in [6, 6.07) is 0. The predicted octanol–water partition coefficient (Wildman–Crippen LogP) is 4.57. The molecule has 0 heterocycles. The summed E-state index contributed by atoms with van der Waals surface area (Å²) in [5.74, 6) is -6.23. The summed E-state index contributed by atoms with van der Waals surface area (Å²) in [7, 11) is 0. The second kappa shape index (κ2) is 6.42. The van der Waals surface area contributed by atoms with Crippen molar-refractivity contribution in [1.82, 2.24) is 0 Å². The van der Waals surface area contributed by atoms with Gasteiger partial charge in [0.1, 0.15) is 5.60 Å². The van der Waals surface area contributed by atoms with Crippen LogP contribution in [0.5, 0.6) is 0 Å². The minimum atomic E-state index is -5.39. The molecule has 0 spiro atoms. The smallest absolute Gasteiger partial charge is 0.431 e. The summed E-state index contributed by atoms with van der Waals surface area (Å²) in [6.45, 7) is 5.08. The molecule has 0 radical (unpaired) electrons. The molecular formula is C19H23F5O4. The number of esters is 2. The molecule has 28 heavy (non-hydrogen) atoms. The lowest BCUT2D eigenvalue weighted by Gasteiger charge is -2.59. The Labute approximate surface area is 159 Å². The van der Waals surface area contributed by atoms with Crippen molar-refractivity contribution in [3.05, 3.63) is 12.2 Å². The summed E-state index contributed by atoms with van der Waals surface area (Å²) in [5, 5.41) is 0. The molecule has 0 aromatic carbocycles. The van der Waals surface area contributed by atoms with Gasteiger partial charge in [-0.25, -0.2) is 13.6 Å². The van der Waals surface area contributed by atoms with Crippen molar-refractivity contribution in [2.24, 2.45) is 17.3 Å². The highest BCUT2D eigenvalue weighted by atomic mass is 19.4. The van der Waals surface area contributed by atoms with Crippen LogP contribution in [0.1, 0.15) is 52.4 Å². The summed E-state index contributed by atoms with van der Waals surface area (Å²) >= 11 is 0. The Kier molecular flexibility index (Phi) is 4.83. The van der Waals surface area contributed by atoms with E-state index in [9.17, 15) is 31.5 Å². The van der Waals surface area contributed by atoms with Crippen molar-refractivity contribution in [3.8, 4) is 0 Å². The van der Waals surface area contributed by atoms with Gasteiger partial charge >= 0.3 is 18.1 Å². The Morgan fingerprint density at radius 1 is 1.07 bits per heavy atom. The van der Waals surface area contributed by atoms with Crippen LogP contribution in [0.25, 0.3) is 0 Å². The van der Waals surface area contributed by atoms with Gasteiger partial charge in [-0.05, 0) is 50.9 Å². The highest BCUT2D eigenvalue weighted by Crippen LogP contribution is 2.63. The van der Waals surface area contributed by atoms with Gasteiger partial charge in [0.2, 0.25) is 0 Å². The maximum Gasteiger partial charge on any atom is 0.431 e. The lowest BCUT2D eigenvalue weighted by atomic mass is 9.48. The van der Waals surface area contributed by atoms with E-state index in [-0.39, 0.29) is 43.6 Å². The molecule has 0 N–H and O–H groups in total. The third kappa shape index (κ3) is 3.76. The maximum absolute atomic E-state index is 13.5. The summed E-state index contributed by atoms with van der Waals surface area (Å²) < 4.78 is 76.1. The fourth-order valence-corrected chi connectivity index (χ4v) is 5.51. The molecule has 0 saturated heterocycles. The minimum Gasteiger partial charge on any atom is -0.456 e. The van der Waals surface area contributed by atoms with Crippen LogP contribution in [-0.4, -0.2) is 35.7 Å². The van der Waals surface area contributed by atoms with E-state index < -0.39 is 41.2 Å². The number of alkyl halides is 5. The number of ether oxygens (including phenoxy) is 2. The molecule has 4 saturated carbocycles. The van der Waals surface area contributed by atoms with E-state index in [0.717, 1.165) is 6.42 Å². The molecule has 0 amide bonds. The number of hydrogen-bond donors (Lipinski definition) is 0. The topological polar surface area (TPSA) is 52.6 Å². The second-order valence-electron chi connectivity index (χ2n) is 8.88. The molecule has 0 aromatic heterocycles. The van der Waals surface area contributed by atoms with Gasteiger partial charge in [0, 0.05) is 18.9 Å². The Morgan fingerprint density at radius 2 is 1.61 bits per heavy atom. The predicted molar refractivity (Wildman–Crippen MR) is 87.3 cm³/mol. The average Bonchev–Trinajstić information content (AvgIpc) is 2.48. The second-order valence-corrected chi connectivity index (χ2v) is 8.88. The number of carbonyl (C=O) groups is 2. The fraction of sp³-hybridized carbons (Fsp3) is 0.789. The van der Waals surface area contributed by atoms with E-state index in [0.29, 0.717) is 12.8 Å². The van der Waals surface area contributed by atoms with Gasteiger partial charge in [0.15, 0.2) is 0 Å². The lowest BCUT2D eigenvalue weighted by Crippen LogP contribution is -2.61. The van der Waals surface area contributed by atoms with Crippen LogP contribution < -0.4 is 0 Å². The van der Waals surface area contributed by atoms with Gasteiger partial charge in [-0.3, -0.25) is 4.79 Å². The van der Waals surface area contributed by atoms with Gasteiger partial charge < -0.3 is 9.47 Å². The van der Waals surface area contributed by atoms with E-state index in [4.69, 9.17) is 4.74 Å². The molecule has 4 aliphatic carbocycles. The summed E-state index contributed by atoms with van der Waals surface area (Å²) in [5.41, 5.74) is -2.15. The standard InChI is InChI=1S/C19H23F5O4/c1-10(2)13(25)28-18-7-11-4-12(8-18)6-17(5-11,9-18)15(26)27-14(16(3,20)21)19(22,23)24/h11-12,14H,1,4-9H2,2-3H3. The summed E-state index contributed by atoms with van der Waals surface area (Å²) in [4.78, 5) is 24.8. The largest absolute Gasteiger partial charge is 0.456 e. The van der Waals surface area contributed by atoms with Gasteiger partial charge in [0.05, 0.1) is 5.41 Å². The molecule has 4 fully saturated rings. The third-order valence-electron chi connectivity index (χ3n) is 6.08. The van der Waals surface area contributed by atoms with Crippen LogP contribution >= 0.6 is 0 Å². The van der Waals surface area contributed by atoms with Gasteiger partial charge in [-0.1, -0.05) is 6.58 Å². The van der Waals surface area contributed by atoms with Crippen molar-refractivity contribution >= 4 is 11.9 Å². The van der Waals surface area contributed by atoms with E-state index in [1.165, 1.54) is 6.92 Å². The van der Waals surface area contributed by atoms with E-state index >= 15 is 0 Å². The van der Waals surface area contributed by atoms with E-state index in [2.05, 4.69) is 11.3 Å². The number of hydrogen-bond acceptors (Lipinski definition) is 4. The van der Waals surface area contributed by atoms with Crippen LogP contribution in [0.15, 0.2) is 12.2 Å². The zero-order chi connectivity index (χ0) is 21.1. The van der Waals surface area contributed by atoms with Crippen LogP contribution in [0.2, 0.25) is 0 Å². The Morgan fingerprint density at radius 3 is 2.04 bits per heavy atom. The maximum atomic E-state index is 13.5. The number of halogens is 5. The molecule has 158 valence electrons. The first kappa shape index (κ1) is 21.0. The molecule has 3 atom stereocenters.